The lowest BCUT2D eigenvalue weighted by molar-refractivity contribution is 0.657. The van der Waals surface area contributed by atoms with Crippen LogP contribution in [0.4, 0.5) is 0 Å². The van der Waals surface area contributed by atoms with Crippen LogP contribution in [0.2, 0.25) is 0 Å². The van der Waals surface area contributed by atoms with E-state index in [9.17, 15) is 0 Å². The fourth-order valence-electron chi connectivity index (χ4n) is 1.54. The predicted octanol–water partition coefficient (Wildman–Crippen LogP) is 1.82. The molecule has 2 aromatic rings. The summed E-state index contributed by atoms with van der Waals surface area (Å²) in [5.74, 6) is 0.979. The first-order valence-corrected chi connectivity index (χ1v) is 5.78. The lowest BCUT2D eigenvalue weighted by Gasteiger charge is -2.11. The lowest BCUT2D eigenvalue weighted by atomic mass is 10.1. The Morgan fingerprint density at radius 2 is 2.31 bits per heavy atom. The van der Waals surface area contributed by atoms with E-state index in [1.165, 1.54) is 0 Å². The Bertz CT molecular complexity index is 480. The van der Waals surface area contributed by atoms with Crippen LogP contribution in [-0.4, -0.2) is 14.5 Å². The first-order valence-electron chi connectivity index (χ1n) is 4.99. The van der Waals surface area contributed by atoms with Crippen molar-refractivity contribution >= 4 is 15.9 Å². The number of imidazole rings is 1. The number of hydrogen-bond donors (Lipinski definition) is 1. The quantitative estimate of drug-likeness (QED) is 0.933. The van der Waals surface area contributed by atoms with E-state index in [4.69, 9.17) is 5.73 Å². The Hall–Kier alpha value is -1.20. The maximum atomic E-state index is 6.11. The largest absolute Gasteiger partial charge is 0.338 e. The minimum Gasteiger partial charge on any atom is -0.338 e. The summed E-state index contributed by atoms with van der Waals surface area (Å²) in [6.45, 7) is 0. The van der Waals surface area contributed by atoms with E-state index in [1.807, 2.05) is 23.9 Å². The Balaban J connectivity index is 2.14. The molecule has 0 aliphatic carbocycles. The van der Waals surface area contributed by atoms with Crippen LogP contribution < -0.4 is 5.73 Å². The number of pyridine rings is 1. The molecule has 2 aromatic heterocycles. The number of nitrogens with zero attached hydrogens (tertiary/aromatic N) is 3. The fourth-order valence-corrected chi connectivity index (χ4v) is 1.92. The van der Waals surface area contributed by atoms with Crippen LogP contribution in [0.25, 0.3) is 0 Å². The minimum atomic E-state index is -0.0777. The van der Waals surface area contributed by atoms with Gasteiger partial charge in [-0.3, -0.25) is 4.98 Å². The molecular weight excluding hydrogens is 268 g/mol. The van der Waals surface area contributed by atoms with Gasteiger partial charge in [0, 0.05) is 48.8 Å². The van der Waals surface area contributed by atoms with Gasteiger partial charge in [0.25, 0.3) is 0 Å². The van der Waals surface area contributed by atoms with E-state index < -0.39 is 0 Å². The second-order valence-corrected chi connectivity index (χ2v) is 4.62. The molecule has 0 fully saturated rings. The summed E-state index contributed by atoms with van der Waals surface area (Å²) < 4.78 is 2.92. The molecule has 2 N–H and O–H groups in total. The molecule has 0 saturated carbocycles. The van der Waals surface area contributed by atoms with Gasteiger partial charge in [-0.15, -0.1) is 0 Å². The molecule has 4 nitrogen and oxygen atoms in total. The highest BCUT2D eigenvalue weighted by Crippen LogP contribution is 2.17. The van der Waals surface area contributed by atoms with Crippen molar-refractivity contribution in [3.8, 4) is 0 Å². The topological polar surface area (TPSA) is 56.7 Å². The van der Waals surface area contributed by atoms with Crippen LogP contribution in [0.15, 0.2) is 35.3 Å². The minimum absolute atomic E-state index is 0.0777. The first-order chi connectivity index (χ1) is 7.66. The highest BCUT2D eigenvalue weighted by molar-refractivity contribution is 9.10. The van der Waals surface area contributed by atoms with Gasteiger partial charge in [0.2, 0.25) is 0 Å². The van der Waals surface area contributed by atoms with Gasteiger partial charge in [-0.25, -0.2) is 4.98 Å². The number of nitrogens with two attached hydrogens (primary N) is 1. The molecular formula is C11H13BrN4. The molecule has 0 aliphatic heterocycles. The van der Waals surface area contributed by atoms with Crippen molar-refractivity contribution in [2.24, 2.45) is 12.8 Å². The van der Waals surface area contributed by atoms with Crippen LogP contribution in [0, 0.1) is 0 Å². The molecule has 1 unspecified atom stereocenters. The monoisotopic (exact) mass is 280 g/mol. The van der Waals surface area contributed by atoms with E-state index in [0.29, 0.717) is 6.42 Å². The maximum Gasteiger partial charge on any atom is 0.110 e. The Labute approximate surface area is 103 Å². The zero-order valence-electron chi connectivity index (χ0n) is 8.97. The summed E-state index contributed by atoms with van der Waals surface area (Å²) in [5.41, 5.74) is 7.12. The Morgan fingerprint density at radius 3 is 2.94 bits per heavy atom. The number of aryl methyl sites for hydroxylation is 1. The summed E-state index contributed by atoms with van der Waals surface area (Å²) in [6.07, 6.45) is 7.94. The lowest BCUT2D eigenvalue weighted by Crippen LogP contribution is -2.16. The van der Waals surface area contributed by atoms with Gasteiger partial charge in [-0.2, -0.15) is 0 Å². The van der Waals surface area contributed by atoms with Crippen LogP contribution in [0.3, 0.4) is 0 Å². The van der Waals surface area contributed by atoms with E-state index in [0.717, 1.165) is 15.9 Å². The van der Waals surface area contributed by atoms with Crippen molar-refractivity contribution in [3.63, 3.8) is 0 Å². The zero-order chi connectivity index (χ0) is 11.5. The van der Waals surface area contributed by atoms with E-state index in [-0.39, 0.29) is 6.04 Å². The molecule has 0 aliphatic rings. The first kappa shape index (κ1) is 11.3. The number of aromatic nitrogens is 3. The molecule has 0 spiro atoms. The average Bonchev–Trinajstić information content (AvgIpc) is 2.64. The zero-order valence-corrected chi connectivity index (χ0v) is 10.6. The van der Waals surface area contributed by atoms with Gasteiger partial charge in [-0.05, 0) is 27.6 Å². The normalized spacial score (nSPS) is 12.7. The van der Waals surface area contributed by atoms with Crippen molar-refractivity contribution in [2.45, 2.75) is 12.5 Å². The second kappa shape index (κ2) is 4.76. The summed E-state index contributed by atoms with van der Waals surface area (Å²) >= 11 is 3.38. The van der Waals surface area contributed by atoms with Crippen LogP contribution >= 0.6 is 15.9 Å². The third-order valence-corrected chi connectivity index (χ3v) is 2.91. The number of hydrogen-bond acceptors (Lipinski definition) is 3. The van der Waals surface area contributed by atoms with Gasteiger partial charge < -0.3 is 10.3 Å². The number of rotatable bonds is 3. The molecule has 0 amide bonds. The van der Waals surface area contributed by atoms with Crippen LogP contribution in [0.1, 0.15) is 17.4 Å². The molecule has 1 atom stereocenters. The summed E-state index contributed by atoms with van der Waals surface area (Å²) in [6, 6.07) is 1.91. The van der Waals surface area contributed by atoms with Gasteiger partial charge >= 0.3 is 0 Å². The SMILES string of the molecule is Cn1ccnc1CC(N)c1cncc(Br)c1. The van der Waals surface area contributed by atoms with Crippen LogP contribution in [-0.2, 0) is 13.5 Å². The van der Waals surface area contributed by atoms with Gasteiger partial charge in [0.05, 0.1) is 0 Å². The molecule has 0 aromatic carbocycles. The number of halogens is 1. The van der Waals surface area contributed by atoms with Crippen molar-refractivity contribution in [1.29, 1.82) is 0 Å². The highest BCUT2D eigenvalue weighted by atomic mass is 79.9. The van der Waals surface area contributed by atoms with Gasteiger partial charge in [0.1, 0.15) is 5.82 Å². The van der Waals surface area contributed by atoms with Crippen molar-refractivity contribution in [2.75, 3.05) is 0 Å². The molecule has 0 radical (unpaired) electrons. The van der Waals surface area contributed by atoms with E-state index >= 15 is 0 Å². The predicted molar refractivity (Wildman–Crippen MR) is 65.8 cm³/mol. The third kappa shape index (κ3) is 2.48. The van der Waals surface area contributed by atoms with Crippen molar-refractivity contribution in [3.05, 3.63) is 46.7 Å². The van der Waals surface area contributed by atoms with E-state index in [1.54, 1.807) is 18.6 Å². The Kier molecular flexibility index (Phi) is 3.36. The summed E-state index contributed by atoms with van der Waals surface area (Å²) in [5, 5.41) is 0. The van der Waals surface area contributed by atoms with Crippen molar-refractivity contribution in [1.82, 2.24) is 14.5 Å². The van der Waals surface area contributed by atoms with Crippen molar-refractivity contribution < 1.29 is 0 Å². The molecule has 5 heteroatoms. The molecule has 2 heterocycles. The molecule has 0 saturated heterocycles. The molecule has 0 bridgehead atoms. The highest BCUT2D eigenvalue weighted by Gasteiger charge is 2.10. The standard InChI is InChI=1S/C11H13BrN4/c1-16-3-2-15-11(16)5-10(13)8-4-9(12)7-14-6-8/h2-4,6-7,10H,5,13H2,1H3. The maximum absolute atomic E-state index is 6.11. The van der Waals surface area contributed by atoms with E-state index in [2.05, 4.69) is 25.9 Å². The molecule has 2 rings (SSSR count). The fraction of sp³-hybridized carbons (Fsp3) is 0.273. The average molecular weight is 281 g/mol. The molecule has 16 heavy (non-hydrogen) atoms. The smallest absolute Gasteiger partial charge is 0.110 e. The molecule has 84 valence electrons. The second-order valence-electron chi connectivity index (χ2n) is 3.70. The van der Waals surface area contributed by atoms with Gasteiger partial charge in [0.15, 0.2) is 0 Å². The summed E-state index contributed by atoms with van der Waals surface area (Å²) in [4.78, 5) is 8.36. The van der Waals surface area contributed by atoms with Crippen LogP contribution in [0.5, 0.6) is 0 Å². The Morgan fingerprint density at radius 1 is 1.50 bits per heavy atom. The third-order valence-electron chi connectivity index (χ3n) is 2.48. The van der Waals surface area contributed by atoms with Gasteiger partial charge in [-0.1, -0.05) is 0 Å². The summed E-state index contributed by atoms with van der Waals surface area (Å²) in [7, 11) is 1.97.